The predicted molar refractivity (Wildman–Crippen MR) is 72.9 cm³/mol. The van der Waals surface area contributed by atoms with Crippen molar-refractivity contribution in [3.8, 4) is 0 Å². The van der Waals surface area contributed by atoms with Crippen LogP contribution in [0.1, 0.15) is 20.3 Å². The van der Waals surface area contributed by atoms with Crippen LogP contribution in [0.4, 0.5) is 0 Å². The maximum atomic E-state index is 5.12. The Morgan fingerprint density at radius 3 is 2.44 bits per heavy atom. The normalized spacial score (nSPS) is 10.5. The van der Waals surface area contributed by atoms with Crippen molar-refractivity contribution in [2.24, 2.45) is 0 Å². The highest BCUT2D eigenvalue weighted by molar-refractivity contribution is 7.80. The van der Waals surface area contributed by atoms with Crippen molar-refractivity contribution in [2.45, 2.75) is 20.3 Å². The molecule has 0 unspecified atom stereocenters. The quantitative estimate of drug-likeness (QED) is 0.466. The van der Waals surface area contributed by atoms with Crippen molar-refractivity contribution < 1.29 is 4.74 Å². The Labute approximate surface area is 105 Å². The lowest BCUT2D eigenvalue weighted by Crippen LogP contribution is -2.41. The van der Waals surface area contributed by atoms with Crippen molar-refractivity contribution in [1.82, 2.24) is 15.5 Å². The Hall–Kier alpha value is -0.390. The number of rotatable bonds is 9. The fraction of sp³-hybridized carbons (Fsp3) is 0.909. The smallest absolute Gasteiger partial charge is 0.166 e. The van der Waals surface area contributed by atoms with E-state index in [1.165, 1.54) is 6.42 Å². The zero-order valence-electron chi connectivity index (χ0n) is 10.7. The topological polar surface area (TPSA) is 36.5 Å². The van der Waals surface area contributed by atoms with Gasteiger partial charge in [-0.3, -0.25) is 0 Å². The van der Waals surface area contributed by atoms with Gasteiger partial charge in [-0.2, -0.15) is 0 Å². The Kier molecular flexibility index (Phi) is 10.8. The van der Waals surface area contributed by atoms with Gasteiger partial charge in [-0.05, 0) is 31.7 Å². The van der Waals surface area contributed by atoms with Gasteiger partial charge in [0.05, 0.1) is 6.61 Å². The van der Waals surface area contributed by atoms with Crippen LogP contribution in [0.25, 0.3) is 0 Å². The first-order valence-electron chi connectivity index (χ1n) is 5.97. The van der Waals surface area contributed by atoms with E-state index < -0.39 is 0 Å². The Balaban J connectivity index is 3.44. The molecule has 0 heterocycles. The summed E-state index contributed by atoms with van der Waals surface area (Å²) in [5.41, 5.74) is 0. The second-order valence-electron chi connectivity index (χ2n) is 3.61. The molecule has 96 valence electrons. The van der Waals surface area contributed by atoms with E-state index >= 15 is 0 Å². The third-order valence-corrected chi connectivity index (χ3v) is 2.58. The van der Waals surface area contributed by atoms with Gasteiger partial charge in [0.15, 0.2) is 5.11 Å². The summed E-state index contributed by atoms with van der Waals surface area (Å²) >= 11 is 5.12. The maximum absolute atomic E-state index is 5.12. The summed E-state index contributed by atoms with van der Waals surface area (Å²) in [6.07, 6.45) is 1.20. The van der Waals surface area contributed by atoms with E-state index in [1.807, 2.05) is 0 Å². The highest BCUT2D eigenvalue weighted by Crippen LogP contribution is 1.88. The molecule has 16 heavy (non-hydrogen) atoms. The number of ether oxygens (including phenoxy) is 1. The highest BCUT2D eigenvalue weighted by atomic mass is 32.1. The van der Waals surface area contributed by atoms with Gasteiger partial charge in [0, 0.05) is 26.7 Å². The number of likely N-dealkylation sites (N-methyl/N-ethyl adjacent to an activating group) is 1. The van der Waals surface area contributed by atoms with E-state index in [9.17, 15) is 0 Å². The van der Waals surface area contributed by atoms with Crippen molar-refractivity contribution in [3.05, 3.63) is 0 Å². The first-order valence-corrected chi connectivity index (χ1v) is 6.38. The van der Waals surface area contributed by atoms with Crippen LogP contribution < -0.4 is 10.6 Å². The van der Waals surface area contributed by atoms with E-state index in [4.69, 9.17) is 17.0 Å². The van der Waals surface area contributed by atoms with Crippen LogP contribution in [-0.4, -0.2) is 56.5 Å². The van der Waals surface area contributed by atoms with Gasteiger partial charge in [-0.15, -0.1) is 0 Å². The van der Waals surface area contributed by atoms with Crippen LogP contribution in [0.15, 0.2) is 0 Å². The van der Waals surface area contributed by atoms with Crippen LogP contribution in [0.5, 0.6) is 0 Å². The molecule has 0 fully saturated rings. The van der Waals surface area contributed by atoms with E-state index in [1.54, 1.807) is 7.11 Å². The molecule has 0 atom stereocenters. The molecule has 0 rings (SSSR count). The molecule has 0 aromatic carbocycles. The summed E-state index contributed by atoms with van der Waals surface area (Å²) in [6, 6.07) is 0. The number of hydrogen-bond acceptors (Lipinski definition) is 3. The molecule has 0 amide bonds. The van der Waals surface area contributed by atoms with Crippen molar-refractivity contribution >= 4 is 17.3 Å². The van der Waals surface area contributed by atoms with Gasteiger partial charge in [0.1, 0.15) is 0 Å². The molecule has 0 spiro atoms. The molecule has 0 aliphatic heterocycles. The van der Waals surface area contributed by atoms with E-state index in [2.05, 4.69) is 29.4 Å². The number of methoxy groups -OCH3 is 1. The molecule has 0 radical (unpaired) electrons. The van der Waals surface area contributed by atoms with Gasteiger partial charge < -0.3 is 20.3 Å². The lowest BCUT2D eigenvalue weighted by atomic mass is 10.4. The largest absolute Gasteiger partial charge is 0.383 e. The number of nitrogens with one attached hydrogen (secondary N) is 2. The Morgan fingerprint density at radius 2 is 1.88 bits per heavy atom. The van der Waals surface area contributed by atoms with Gasteiger partial charge >= 0.3 is 0 Å². The van der Waals surface area contributed by atoms with Crippen LogP contribution in [-0.2, 0) is 4.74 Å². The fourth-order valence-electron chi connectivity index (χ4n) is 1.40. The summed E-state index contributed by atoms with van der Waals surface area (Å²) in [5, 5.41) is 6.98. The molecule has 0 aromatic heterocycles. The predicted octanol–water partition coefficient (Wildman–Crippen LogP) is 0.829. The van der Waals surface area contributed by atoms with Gasteiger partial charge in [0.2, 0.25) is 0 Å². The molecule has 2 N–H and O–H groups in total. The van der Waals surface area contributed by atoms with Gasteiger partial charge in [-0.1, -0.05) is 13.8 Å². The third kappa shape index (κ3) is 8.88. The monoisotopic (exact) mass is 247 g/mol. The van der Waals surface area contributed by atoms with Crippen molar-refractivity contribution in [3.63, 3.8) is 0 Å². The lowest BCUT2D eigenvalue weighted by Gasteiger charge is -2.20. The zero-order valence-corrected chi connectivity index (χ0v) is 11.5. The Bertz CT molecular complexity index is 179. The van der Waals surface area contributed by atoms with Crippen molar-refractivity contribution in [1.29, 1.82) is 0 Å². The van der Waals surface area contributed by atoms with Crippen LogP contribution in [0.3, 0.4) is 0 Å². The van der Waals surface area contributed by atoms with Gasteiger partial charge in [-0.25, -0.2) is 0 Å². The average Bonchev–Trinajstić information content (AvgIpc) is 2.28. The SMILES string of the molecule is CCCN(CC)CCNC(=S)NCCOC. The molecule has 4 nitrogen and oxygen atoms in total. The standard InChI is InChI=1S/C11H25N3OS/c1-4-8-14(5-2)9-6-12-11(16)13-7-10-15-3/h4-10H2,1-3H3,(H2,12,13,16). The number of thiocarbonyl (C=S) groups is 1. The highest BCUT2D eigenvalue weighted by Gasteiger charge is 2.00. The van der Waals surface area contributed by atoms with E-state index in [0.717, 1.165) is 32.7 Å². The third-order valence-electron chi connectivity index (χ3n) is 2.29. The molecule has 0 saturated carbocycles. The molecule has 0 aliphatic carbocycles. The second-order valence-corrected chi connectivity index (χ2v) is 4.02. The zero-order chi connectivity index (χ0) is 12.2. The van der Waals surface area contributed by atoms with Crippen LogP contribution in [0, 0.1) is 0 Å². The van der Waals surface area contributed by atoms with Crippen LogP contribution in [0.2, 0.25) is 0 Å². The summed E-state index contributed by atoms with van der Waals surface area (Å²) in [7, 11) is 1.68. The molecule has 0 saturated heterocycles. The lowest BCUT2D eigenvalue weighted by molar-refractivity contribution is 0.204. The molecular weight excluding hydrogens is 222 g/mol. The summed E-state index contributed by atoms with van der Waals surface area (Å²) in [6.45, 7) is 10.0. The molecular formula is C11H25N3OS. The van der Waals surface area contributed by atoms with Crippen LogP contribution >= 0.6 is 12.2 Å². The second kappa shape index (κ2) is 11.1. The van der Waals surface area contributed by atoms with E-state index in [0.29, 0.717) is 11.7 Å². The molecule has 0 bridgehead atoms. The van der Waals surface area contributed by atoms with Crippen molar-refractivity contribution in [2.75, 3.05) is 46.4 Å². The maximum Gasteiger partial charge on any atom is 0.166 e. The summed E-state index contributed by atoms with van der Waals surface area (Å²) < 4.78 is 4.93. The minimum Gasteiger partial charge on any atom is -0.383 e. The summed E-state index contributed by atoms with van der Waals surface area (Å²) in [4.78, 5) is 2.41. The van der Waals surface area contributed by atoms with Gasteiger partial charge in [0.25, 0.3) is 0 Å². The molecule has 5 heteroatoms. The fourth-order valence-corrected chi connectivity index (χ4v) is 1.61. The first-order chi connectivity index (χ1) is 7.74. The molecule has 0 aliphatic rings. The first kappa shape index (κ1) is 15.6. The summed E-state index contributed by atoms with van der Waals surface area (Å²) in [5.74, 6) is 0. The number of nitrogens with zero attached hydrogens (tertiary/aromatic N) is 1. The van der Waals surface area contributed by atoms with E-state index in [-0.39, 0.29) is 0 Å². The molecule has 0 aromatic rings. The average molecular weight is 247 g/mol. The minimum atomic E-state index is 0.679. The minimum absolute atomic E-state index is 0.679. The number of hydrogen-bond donors (Lipinski definition) is 2. The Morgan fingerprint density at radius 1 is 1.19 bits per heavy atom.